The minimum absolute atomic E-state index is 0.0569. The van der Waals surface area contributed by atoms with Crippen molar-refractivity contribution in [2.45, 2.75) is 6.04 Å². The molecule has 0 aliphatic carbocycles. The van der Waals surface area contributed by atoms with Gasteiger partial charge in [-0.25, -0.2) is 4.98 Å². The Hall–Kier alpha value is -3.06. The highest BCUT2D eigenvalue weighted by molar-refractivity contribution is 6.33. The molecule has 2 aromatic carbocycles. The van der Waals surface area contributed by atoms with Crippen molar-refractivity contribution in [2.75, 3.05) is 12.4 Å². The van der Waals surface area contributed by atoms with Gasteiger partial charge in [0.1, 0.15) is 17.6 Å². The van der Waals surface area contributed by atoms with E-state index in [2.05, 4.69) is 10.3 Å². The average molecular weight is 373 g/mol. The second-order valence-electron chi connectivity index (χ2n) is 5.67. The highest BCUT2D eigenvalue weighted by Crippen LogP contribution is 2.32. The van der Waals surface area contributed by atoms with Crippen LogP contribution in [0.2, 0.25) is 5.02 Å². The first-order chi connectivity index (χ1) is 12.5. The Kier molecular flexibility index (Phi) is 5.09. The van der Waals surface area contributed by atoms with Crippen LogP contribution in [-0.2, 0) is 7.05 Å². The van der Waals surface area contributed by atoms with Crippen molar-refractivity contribution in [1.82, 2.24) is 9.55 Å². The van der Waals surface area contributed by atoms with Crippen molar-refractivity contribution in [3.63, 3.8) is 0 Å². The number of aromatic nitrogens is 2. The van der Waals surface area contributed by atoms with E-state index in [1.54, 1.807) is 19.4 Å². The van der Waals surface area contributed by atoms with E-state index in [4.69, 9.17) is 16.3 Å². The van der Waals surface area contributed by atoms with E-state index >= 15 is 0 Å². The van der Waals surface area contributed by atoms with Gasteiger partial charge < -0.3 is 14.6 Å². The summed E-state index contributed by atoms with van der Waals surface area (Å²) in [7, 11) is 3.51. The summed E-state index contributed by atoms with van der Waals surface area (Å²) >= 11 is 6.24. The predicted octanol–water partition coefficient (Wildman–Crippen LogP) is 4.19. The van der Waals surface area contributed by atoms with Crippen LogP contribution in [0, 0.1) is 10.1 Å². The molecule has 0 bridgehead atoms. The average Bonchev–Trinajstić information content (AvgIpc) is 3.06. The lowest BCUT2D eigenvalue weighted by Crippen LogP contribution is -2.17. The standard InChI is InChI=1S/C18H17ClN4O3/c1-22-10-9-20-18(22)17(12-3-6-14(26-2)7-4-12)21-16-8-5-13(23(24)25)11-15(16)19/h3-11,17,21H,1-2H3. The third kappa shape index (κ3) is 3.62. The number of nitro groups is 1. The molecule has 0 radical (unpaired) electrons. The smallest absolute Gasteiger partial charge is 0.271 e. The van der Waals surface area contributed by atoms with Crippen LogP contribution >= 0.6 is 11.6 Å². The SMILES string of the molecule is COc1ccc(C(Nc2ccc([N+](=O)[O-])cc2Cl)c2nccn2C)cc1. The topological polar surface area (TPSA) is 82.2 Å². The van der Waals surface area contributed by atoms with E-state index in [1.165, 1.54) is 12.1 Å². The van der Waals surface area contributed by atoms with Gasteiger partial charge >= 0.3 is 0 Å². The largest absolute Gasteiger partial charge is 0.497 e. The molecule has 1 unspecified atom stereocenters. The van der Waals surface area contributed by atoms with Gasteiger partial charge in [-0.05, 0) is 23.8 Å². The van der Waals surface area contributed by atoms with Gasteiger partial charge in [0.15, 0.2) is 0 Å². The normalized spacial score (nSPS) is 11.8. The van der Waals surface area contributed by atoms with E-state index in [0.29, 0.717) is 5.69 Å². The third-order valence-electron chi connectivity index (χ3n) is 4.03. The van der Waals surface area contributed by atoms with Gasteiger partial charge in [-0.15, -0.1) is 0 Å². The van der Waals surface area contributed by atoms with E-state index in [9.17, 15) is 10.1 Å². The van der Waals surface area contributed by atoms with Crippen LogP contribution < -0.4 is 10.1 Å². The van der Waals surface area contributed by atoms with Gasteiger partial charge in [0.25, 0.3) is 5.69 Å². The molecule has 1 aromatic heterocycles. The molecule has 0 amide bonds. The molecule has 1 atom stereocenters. The quantitative estimate of drug-likeness (QED) is 0.518. The monoisotopic (exact) mass is 372 g/mol. The van der Waals surface area contributed by atoms with E-state index < -0.39 is 4.92 Å². The van der Waals surface area contributed by atoms with E-state index in [1.807, 2.05) is 42.1 Å². The summed E-state index contributed by atoms with van der Waals surface area (Å²) < 4.78 is 7.11. The molecule has 7 nitrogen and oxygen atoms in total. The van der Waals surface area contributed by atoms with Crippen molar-refractivity contribution >= 4 is 23.0 Å². The van der Waals surface area contributed by atoms with Gasteiger partial charge in [-0.1, -0.05) is 23.7 Å². The summed E-state index contributed by atoms with van der Waals surface area (Å²) in [5.74, 6) is 1.53. The highest BCUT2D eigenvalue weighted by Gasteiger charge is 2.20. The molecule has 0 aliphatic heterocycles. The maximum atomic E-state index is 10.9. The summed E-state index contributed by atoms with van der Waals surface area (Å²) in [5.41, 5.74) is 1.48. The molecule has 0 spiro atoms. The lowest BCUT2D eigenvalue weighted by molar-refractivity contribution is -0.384. The van der Waals surface area contributed by atoms with Crippen LogP contribution in [0.25, 0.3) is 0 Å². The van der Waals surface area contributed by atoms with Gasteiger partial charge in [-0.3, -0.25) is 10.1 Å². The van der Waals surface area contributed by atoms with Crippen LogP contribution in [0.15, 0.2) is 54.9 Å². The molecule has 0 fully saturated rings. The number of nitrogens with zero attached hydrogens (tertiary/aromatic N) is 3. The minimum Gasteiger partial charge on any atom is -0.497 e. The predicted molar refractivity (Wildman–Crippen MR) is 99.8 cm³/mol. The number of halogens is 1. The molecule has 0 saturated heterocycles. The number of methoxy groups -OCH3 is 1. The fraction of sp³-hybridized carbons (Fsp3) is 0.167. The molecule has 134 valence electrons. The molecular weight excluding hydrogens is 356 g/mol. The summed E-state index contributed by atoms with van der Waals surface area (Å²) in [4.78, 5) is 14.8. The summed E-state index contributed by atoms with van der Waals surface area (Å²) in [6, 6.07) is 11.6. The summed E-state index contributed by atoms with van der Waals surface area (Å²) in [6.07, 6.45) is 3.57. The highest BCUT2D eigenvalue weighted by atomic mass is 35.5. The number of imidazole rings is 1. The molecule has 0 aliphatic rings. The zero-order valence-electron chi connectivity index (χ0n) is 14.2. The van der Waals surface area contributed by atoms with E-state index in [-0.39, 0.29) is 16.8 Å². The Morgan fingerprint density at radius 2 is 2.00 bits per heavy atom. The molecule has 3 aromatic rings. The van der Waals surface area contributed by atoms with Gasteiger partial charge in [0.2, 0.25) is 0 Å². The zero-order valence-corrected chi connectivity index (χ0v) is 15.0. The Balaban J connectivity index is 1.99. The Morgan fingerprint density at radius 3 is 2.54 bits per heavy atom. The van der Waals surface area contributed by atoms with E-state index in [0.717, 1.165) is 17.1 Å². The number of anilines is 1. The number of non-ortho nitro benzene ring substituents is 1. The van der Waals surface area contributed by atoms with Crippen molar-refractivity contribution in [3.05, 3.63) is 81.4 Å². The fourth-order valence-electron chi connectivity index (χ4n) is 2.64. The van der Waals surface area contributed by atoms with Crippen molar-refractivity contribution in [1.29, 1.82) is 0 Å². The van der Waals surface area contributed by atoms with Crippen molar-refractivity contribution in [2.24, 2.45) is 7.05 Å². The molecule has 8 heteroatoms. The van der Waals surface area contributed by atoms with Crippen molar-refractivity contribution in [3.8, 4) is 5.75 Å². The van der Waals surface area contributed by atoms with Crippen LogP contribution in [0.3, 0.4) is 0 Å². The molecule has 0 saturated carbocycles. The first-order valence-electron chi connectivity index (χ1n) is 7.81. The van der Waals surface area contributed by atoms with Crippen LogP contribution in [0.1, 0.15) is 17.4 Å². The number of benzene rings is 2. The number of ether oxygens (including phenoxy) is 1. The molecule has 3 rings (SSSR count). The molecule has 1 N–H and O–H groups in total. The fourth-order valence-corrected chi connectivity index (χ4v) is 2.87. The second-order valence-corrected chi connectivity index (χ2v) is 6.08. The Morgan fingerprint density at radius 1 is 1.27 bits per heavy atom. The van der Waals surface area contributed by atoms with Gasteiger partial charge in [-0.2, -0.15) is 0 Å². The zero-order chi connectivity index (χ0) is 18.7. The molecule has 26 heavy (non-hydrogen) atoms. The summed E-state index contributed by atoms with van der Waals surface area (Å²) in [6.45, 7) is 0. The van der Waals surface area contributed by atoms with Crippen LogP contribution in [0.4, 0.5) is 11.4 Å². The number of nitro benzene ring substituents is 1. The van der Waals surface area contributed by atoms with Crippen LogP contribution in [0.5, 0.6) is 5.75 Å². The lowest BCUT2D eigenvalue weighted by atomic mass is 10.1. The maximum absolute atomic E-state index is 10.9. The number of hydrogen-bond acceptors (Lipinski definition) is 5. The van der Waals surface area contributed by atoms with Crippen LogP contribution in [-0.4, -0.2) is 21.6 Å². The Labute approximate surface area is 155 Å². The number of aryl methyl sites for hydroxylation is 1. The molecule has 1 heterocycles. The second kappa shape index (κ2) is 7.45. The summed E-state index contributed by atoms with van der Waals surface area (Å²) in [5, 5.41) is 14.5. The third-order valence-corrected chi connectivity index (χ3v) is 4.34. The van der Waals surface area contributed by atoms with Gasteiger partial charge in [0.05, 0.1) is 22.7 Å². The van der Waals surface area contributed by atoms with Gasteiger partial charge in [0, 0.05) is 31.6 Å². The number of hydrogen-bond donors (Lipinski definition) is 1. The minimum atomic E-state index is -0.477. The number of nitrogens with one attached hydrogen (secondary N) is 1. The number of rotatable bonds is 6. The maximum Gasteiger partial charge on any atom is 0.271 e. The Bertz CT molecular complexity index is 924. The lowest BCUT2D eigenvalue weighted by Gasteiger charge is -2.21. The van der Waals surface area contributed by atoms with Crippen molar-refractivity contribution < 1.29 is 9.66 Å². The first-order valence-corrected chi connectivity index (χ1v) is 8.19. The first kappa shape index (κ1) is 17.8. The molecular formula is C18H17ClN4O3.